The van der Waals surface area contributed by atoms with Crippen molar-refractivity contribution in [2.75, 3.05) is 6.61 Å². The zero-order valence-electron chi connectivity index (χ0n) is 20.6. The minimum atomic E-state index is -0.783. The maximum absolute atomic E-state index is 12.5. The van der Waals surface area contributed by atoms with Gasteiger partial charge in [0.1, 0.15) is 17.2 Å². The van der Waals surface area contributed by atoms with Crippen molar-refractivity contribution in [2.24, 2.45) is 5.10 Å². The van der Waals surface area contributed by atoms with Gasteiger partial charge in [-0.15, -0.1) is 0 Å². The van der Waals surface area contributed by atoms with Crippen LogP contribution >= 0.6 is 23.2 Å². The topological polar surface area (TPSA) is 86.2 Å². The van der Waals surface area contributed by atoms with E-state index in [1.54, 1.807) is 66.7 Å². The largest absolute Gasteiger partial charge is 0.494 e. The molecule has 3 aromatic rings. The molecule has 0 saturated heterocycles. The van der Waals surface area contributed by atoms with Crippen LogP contribution in [0.3, 0.4) is 0 Å². The van der Waals surface area contributed by atoms with Crippen molar-refractivity contribution in [1.82, 2.24) is 5.43 Å². The van der Waals surface area contributed by atoms with Crippen molar-refractivity contribution in [3.63, 3.8) is 0 Å². The molecule has 0 aliphatic carbocycles. The van der Waals surface area contributed by atoms with E-state index in [1.807, 2.05) is 6.92 Å². The molecule has 3 aromatic carbocycles. The minimum Gasteiger partial charge on any atom is -0.494 e. The molecule has 0 aromatic heterocycles. The number of hydrogen-bond donors (Lipinski definition) is 1. The third-order valence-electron chi connectivity index (χ3n) is 5.16. The molecule has 1 amide bonds. The maximum Gasteiger partial charge on any atom is 0.343 e. The molecule has 0 spiro atoms. The summed E-state index contributed by atoms with van der Waals surface area (Å²) in [6.07, 6.45) is 3.13. The van der Waals surface area contributed by atoms with Crippen molar-refractivity contribution in [1.29, 1.82) is 0 Å². The molecule has 194 valence electrons. The van der Waals surface area contributed by atoms with E-state index in [9.17, 15) is 9.59 Å². The van der Waals surface area contributed by atoms with Gasteiger partial charge in [0.2, 0.25) is 0 Å². The lowest BCUT2D eigenvalue weighted by atomic mass is 10.2. The average Bonchev–Trinajstić information content (AvgIpc) is 2.89. The van der Waals surface area contributed by atoms with Crippen LogP contribution in [0.4, 0.5) is 0 Å². The number of nitrogens with one attached hydrogen (secondary N) is 1. The zero-order chi connectivity index (χ0) is 26.6. The summed E-state index contributed by atoms with van der Waals surface area (Å²) >= 11 is 12.0. The summed E-state index contributed by atoms with van der Waals surface area (Å²) < 4.78 is 16.7. The molecule has 0 unspecified atom stereocenters. The fraction of sp³-hybridized carbons (Fsp3) is 0.250. The van der Waals surface area contributed by atoms with Gasteiger partial charge in [-0.05, 0) is 85.1 Å². The van der Waals surface area contributed by atoms with Gasteiger partial charge in [0, 0.05) is 5.02 Å². The number of unbranched alkanes of at least 4 members (excludes halogenated alkanes) is 1. The molecule has 0 heterocycles. The van der Waals surface area contributed by atoms with E-state index in [-0.39, 0.29) is 0 Å². The molecule has 0 fully saturated rings. The number of carbonyl (C=O) groups excluding carboxylic acids is 2. The molecule has 9 heteroatoms. The Labute approximate surface area is 226 Å². The predicted octanol–water partition coefficient (Wildman–Crippen LogP) is 6.70. The predicted molar refractivity (Wildman–Crippen MR) is 145 cm³/mol. The first kappa shape index (κ1) is 28.0. The molecule has 1 N–H and O–H groups in total. The number of benzene rings is 3. The van der Waals surface area contributed by atoms with Gasteiger partial charge in [0.05, 0.1) is 23.4 Å². The lowest BCUT2D eigenvalue weighted by Crippen LogP contribution is -2.35. The van der Waals surface area contributed by atoms with Crippen molar-refractivity contribution < 1.29 is 23.8 Å². The number of hydrogen-bond acceptors (Lipinski definition) is 6. The molecule has 1 atom stereocenters. The van der Waals surface area contributed by atoms with E-state index in [1.165, 1.54) is 6.21 Å². The van der Waals surface area contributed by atoms with E-state index in [0.717, 1.165) is 12.8 Å². The molecule has 3 rings (SSSR count). The summed E-state index contributed by atoms with van der Waals surface area (Å²) in [6.45, 7) is 4.55. The monoisotopic (exact) mass is 542 g/mol. The number of hydrazone groups is 1. The Hall–Kier alpha value is -3.55. The number of esters is 1. The van der Waals surface area contributed by atoms with Gasteiger partial charge in [0.25, 0.3) is 5.91 Å². The van der Waals surface area contributed by atoms with Crippen molar-refractivity contribution in [2.45, 2.75) is 39.2 Å². The fourth-order valence-electron chi connectivity index (χ4n) is 3.10. The molecule has 7 nitrogen and oxygen atoms in total. The Morgan fingerprint density at radius 1 is 0.973 bits per heavy atom. The van der Waals surface area contributed by atoms with Crippen LogP contribution < -0.4 is 19.6 Å². The average molecular weight is 543 g/mol. The number of ether oxygens (including phenoxy) is 3. The fourth-order valence-corrected chi connectivity index (χ4v) is 3.55. The van der Waals surface area contributed by atoms with Crippen molar-refractivity contribution in [3.05, 3.63) is 87.9 Å². The lowest BCUT2D eigenvalue weighted by molar-refractivity contribution is -0.128. The second-order valence-corrected chi connectivity index (χ2v) is 8.85. The van der Waals surface area contributed by atoms with E-state index in [2.05, 4.69) is 17.5 Å². The highest BCUT2D eigenvalue weighted by Gasteiger charge is 2.19. The molecular weight excluding hydrogens is 515 g/mol. The summed E-state index contributed by atoms with van der Waals surface area (Å²) in [5, 5.41) is 4.77. The molecular formula is C28H28Cl2N2O5. The Kier molecular flexibility index (Phi) is 10.8. The van der Waals surface area contributed by atoms with E-state index in [0.29, 0.717) is 51.4 Å². The molecule has 0 saturated carbocycles. The normalized spacial score (nSPS) is 11.7. The maximum atomic E-state index is 12.5. The molecule has 0 bridgehead atoms. The zero-order valence-corrected chi connectivity index (χ0v) is 22.1. The SMILES string of the molecule is CCCCOc1ccc(C(=O)Oc2ccc(/C=N\NC(=O)[C@@H](CC)Oc3ccc(Cl)cc3Cl)cc2)cc1. The smallest absolute Gasteiger partial charge is 0.343 e. The van der Waals surface area contributed by atoms with Gasteiger partial charge >= 0.3 is 5.97 Å². The van der Waals surface area contributed by atoms with Crippen LogP contribution in [-0.2, 0) is 4.79 Å². The van der Waals surface area contributed by atoms with E-state index >= 15 is 0 Å². The summed E-state index contributed by atoms with van der Waals surface area (Å²) in [5.41, 5.74) is 3.58. The van der Waals surface area contributed by atoms with Crippen LogP contribution in [0.1, 0.15) is 49.0 Å². The number of nitrogens with zero attached hydrogens (tertiary/aromatic N) is 1. The highest BCUT2D eigenvalue weighted by molar-refractivity contribution is 6.35. The van der Waals surface area contributed by atoms with Gasteiger partial charge < -0.3 is 14.2 Å². The summed E-state index contributed by atoms with van der Waals surface area (Å²) in [5.74, 6) is 0.566. The van der Waals surface area contributed by atoms with Gasteiger partial charge in [-0.2, -0.15) is 5.10 Å². The Bertz CT molecular complexity index is 1210. The second kappa shape index (κ2) is 14.3. The highest BCUT2D eigenvalue weighted by atomic mass is 35.5. The molecule has 0 radical (unpaired) electrons. The van der Waals surface area contributed by atoms with Crippen LogP contribution in [0, 0.1) is 0 Å². The van der Waals surface area contributed by atoms with Gasteiger partial charge in [-0.1, -0.05) is 43.5 Å². The van der Waals surface area contributed by atoms with Crippen LogP contribution in [-0.4, -0.2) is 30.8 Å². The third-order valence-corrected chi connectivity index (χ3v) is 5.69. The Morgan fingerprint density at radius 3 is 2.32 bits per heavy atom. The van der Waals surface area contributed by atoms with Crippen molar-refractivity contribution in [3.8, 4) is 17.2 Å². The lowest BCUT2D eigenvalue weighted by Gasteiger charge is -2.16. The molecule has 0 aliphatic heterocycles. The van der Waals surface area contributed by atoms with Gasteiger partial charge in [0.15, 0.2) is 6.10 Å². The van der Waals surface area contributed by atoms with E-state index in [4.69, 9.17) is 37.4 Å². The van der Waals surface area contributed by atoms with Crippen molar-refractivity contribution >= 4 is 41.3 Å². The first-order chi connectivity index (χ1) is 17.9. The standard InChI is InChI=1S/C28H28Cl2N2O5/c1-3-5-16-35-22-13-8-20(9-14-22)28(34)36-23-11-6-19(7-12-23)18-31-32-27(33)25(4-2)37-26-15-10-21(29)17-24(26)30/h6-15,17-18,25H,3-5,16H2,1-2H3,(H,32,33)/b31-18-/t25-/m1/s1. The van der Waals surface area contributed by atoms with Crippen LogP contribution in [0.5, 0.6) is 17.2 Å². The quantitative estimate of drug-likeness (QED) is 0.0904. The first-order valence-electron chi connectivity index (χ1n) is 11.9. The van der Waals surface area contributed by atoms with Crippen LogP contribution in [0.25, 0.3) is 0 Å². The Balaban J connectivity index is 1.50. The first-order valence-corrected chi connectivity index (χ1v) is 12.6. The number of halogens is 2. The summed E-state index contributed by atoms with van der Waals surface area (Å²) in [4.78, 5) is 24.9. The summed E-state index contributed by atoms with van der Waals surface area (Å²) in [6, 6.07) is 18.3. The van der Waals surface area contributed by atoms with Gasteiger partial charge in [-0.25, -0.2) is 10.2 Å². The summed E-state index contributed by atoms with van der Waals surface area (Å²) in [7, 11) is 0. The Morgan fingerprint density at radius 2 is 1.68 bits per heavy atom. The number of amides is 1. The van der Waals surface area contributed by atoms with Gasteiger partial charge in [-0.3, -0.25) is 4.79 Å². The second-order valence-electron chi connectivity index (χ2n) is 8.01. The minimum absolute atomic E-state index is 0.316. The van der Waals surface area contributed by atoms with Crippen LogP contribution in [0.15, 0.2) is 71.8 Å². The van der Waals surface area contributed by atoms with Crippen LogP contribution in [0.2, 0.25) is 10.0 Å². The molecule has 37 heavy (non-hydrogen) atoms. The highest BCUT2D eigenvalue weighted by Crippen LogP contribution is 2.28. The van der Waals surface area contributed by atoms with E-state index < -0.39 is 18.0 Å². The third kappa shape index (κ3) is 8.81. The molecule has 0 aliphatic rings. The number of carbonyl (C=O) groups is 2. The number of rotatable bonds is 12.